The van der Waals surface area contributed by atoms with E-state index in [0.29, 0.717) is 5.02 Å². The highest BCUT2D eigenvalue weighted by atomic mass is 35.5. The molecular formula is C18H19ClN4OS. The van der Waals surface area contributed by atoms with Crippen molar-refractivity contribution in [3.63, 3.8) is 0 Å². The number of thiazole rings is 1. The smallest absolute Gasteiger partial charge is 0.188 e. The van der Waals surface area contributed by atoms with Gasteiger partial charge in [0.25, 0.3) is 0 Å². The first-order valence-electron chi connectivity index (χ1n) is 7.60. The third kappa shape index (κ3) is 5.27. The number of nitrogens with zero attached hydrogens (tertiary/aromatic N) is 2. The molecule has 0 saturated heterocycles. The standard InChI is InChI=1S/C16H15ClN4S.C2H4O/c1-10-7-12(18-2)4-5-13(10)14-9-22-16(20-14)21-15-6-3-11(17)8-19-15;1-2-3/h3-9,18H,1-2H3,(H,19,20,21);2H,1H3. The van der Waals surface area contributed by atoms with E-state index in [1.54, 1.807) is 23.6 Å². The van der Waals surface area contributed by atoms with Crippen LogP contribution in [0.25, 0.3) is 11.3 Å². The molecule has 0 spiro atoms. The van der Waals surface area contributed by atoms with Crippen LogP contribution < -0.4 is 10.6 Å². The van der Waals surface area contributed by atoms with Gasteiger partial charge in [0, 0.05) is 29.9 Å². The Morgan fingerprint density at radius 2 is 2.00 bits per heavy atom. The second kappa shape index (κ2) is 9.15. The predicted octanol–water partition coefficient (Wildman–Crippen LogP) is 5.16. The van der Waals surface area contributed by atoms with Crippen LogP contribution in [0.5, 0.6) is 0 Å². The summed E-state index contributed by atoms with van der Waals surface area (Å²) < 4.78 is 0. The lowest BCUT2D eigenvalue weighted by atomic mass is 10.1. The van der Waals surface area contributed by atoms with Gasteiger partial charge in [-0.05, 0) is 43.7 Å². The summed E-state index contributed by atoms with van der Waals surface area (Å²) in [6.45, 7) is 3.53. The van der Waals surface area contributed by atoms with E-state index in [2.05, 4.69) is 45.7 Å². The molecule has 0 aliphatic carbocycles. The van der Waals surface area contributed by atoms with Crippen LogP contribution in [0.4, 0.5) is 16.6 Å². The summed E-state index contributed by atoms with van der Waals surface area (Å²) in [5.41, 5.74) is 4.38. The Labute approximate surface area is 156 Å². The normalized spacial score (nSPS) is 9.76. The molecule has 0 atom stereocenters. The number of pyridine rings is 1. The third-order valence-corrected chi connectivity index (χ3v) is 4.24. The molecule has 1 aromatic carbocycles. The molecule has 0 bridgehead atoms. The van der Waals surface area contributed by atoms with Gasteiger partial charge in [-0.1, -0.05) is 17.7 Å². The van der Waals surface area contributed by atoms with Crippen LogP contribution in [-0.2, 0) is 4.79 Å². The van der Waals surface area contributed by atoms with E-state index in [-0.39, 0.29) is 0 Å². The number of carbonyl (C=O) groups is 1. The summed E-state index contributed by atoms with van der Waals surface area (Å²) in [6.07, 6.45) is 2.36. The lowest BCUT2D eigenvalue weighted by Gasteiger charge is -2.06. The lowest BCUT2D eigenvalue weighted by Crippen LogP contribution is -1.93. The summed E-state index contributed by atoms with van der Waals surface area (Å²) in [5.74, 6) is 0.729. The maximum atomic E-state index is 8.81. The van der Waals surface area contributed by atoms with Crippen molar-refractivity contribution in [1.29, 1.82) is 0 Å². The minimum atomic E-state index is 0.616. The summed E-state index contributed by atoms with van der Waals surface area (Å²) >= 11 is 7.38. The maximum absolute atomic E-state index is 8.81. The zero-order valence-electron chi connectivity index (χ0n) is 14.2. The molecule has 25 heavy (non-hydrogen) atoms. The minimum Gasteiger partial charge on any atom is -0.388 e. The third-order valence-electron chi connectivity index (χ3n) is 3.26. The van der Waals surface area contributed by atoms with Gasteiger partial charge in [-0.2, -0.15) is 0 Å². The Kier molecular flexibility index (Phi) is 6.91. The van der Waals surface area contributed by atoms with Crippen molar-refractivity contribution in [1.82, 2.24) is 9.97 Å². The molecule has 0 amide bonds. The molecule has 2 aromatic heterocycles. The van der Waals surface area contributed by atoms with E-state index in [1.165, 1.54) is 12.5 Å². The van der Waals surface area contributed by atoms with Gasteiger partial charge in [0.2, 0.25) is 0 Å². The Hall–Kier alpha value is -2.44. The molecule has 3 rings (SSSR count). The quantitative estimate of drug-likeness (QED) is 0.617. The summed E-state index contributed by atoms with van der Waals surface area (Å²) in [7, 11) is 1.92. The molecule has 0 saturated carbocycles. The van der Waals surface area contributed by atoms with Gasteiger partial charge in [0.1, 0.15) is 12.1 Å². The highest BCUT2D eigenvalue weighted by Gasteiger charge is 2.08. The minimum absolute atomic E-state index is 0.616. The van der Waals surface area contributed by atoms with Crippen LogP contribution in [0.2, 0.25) is 5.02 Å². The second-order valence-corrected chi connectivity index (χ2v) is 6.33. The number of halogens is 1. The fourth-order valence-electron chi connectivity index (χ4n) is 2.12. The van der Waals surface area contributed by atoms with E-state index in [1.807, 2.05) is 18.5 Å². The molecule has 0 unspecified atom stereocenters. The number of aromatic nitrogens is 2. The fourth-order valence-corrected chi connectivity index (χ4v) is 2.95. The number of nitrogens with one attached hydrogen (secondary N) is 2. The van der Waals surface area contributed by atoms with E-state index in [0.717, 1.165) is 34.2 Å². The molecule has 7 heteroatoms. The second-order valence-electron chi connectivity index (χ2n) is 5.04. The van der Waals surface area contributed by atoms with E-state index in [9.17, 15) is 0 Å². The molecule has 3 aromatic rings. The monoisotopic (exact) mass is 374 g/mol. The van der Waals surface area contributed by atoms with Gasteiger partial charge in [-0.15, -0.1) is 11.3 Å². The van der Waals surface area contributed by atoms with E-state index in [4.69, 9.17) is 16.4 Å². The maximum Gasteiger partial charge on any atom is 0.188 e. The van der Waals surface area contributed by atoms with Crippen molar-refractivity contribution < 1.29 is 4.79 Å². The Morgan fingerprint density at radius 3 is 2.60 bits per heavy atom. The molecule has 2 N–H and O–H groups in total. The summed E-state index contributed by atoms with van der Waals surface area (Å²) in [6, 6.07) is 9.88. The zero-order chi connectivity index (χ0) is 18.2. The Morgan fingerprint density at radius 1 is 1.24 bits per heavy atom. The number of anilines is 3. The largest absolute Gasteiger partial charge is 0.388 e. The van der Waals surface area contributed by atoms with Crippen LogP contribution in [0.15, 0.2) is 41.9 Å². The summed E-state index contributed by atoms with van der Waals surface area (Å²) in [5, 5.41) is 9.79. The highest BCUT2D eigenvalue weighted by Crippen LogP contribution is 2.30. The van der Waals surface area contributed by atoms with Gasteiger partial charge in [-0.3, -0.25) is 0 Å². The number of hydrogen-bond donors (Lipinski definition) is 2. The van der Waals surface area contributed by atoms with E-state index < -0.39 is 0 Å². The number of carbonyl (C=O) groups excluding carboxylic acids is 1. The topological polar surface area (TPSA) is 66.9 Å². The van der Waals surface area contributed by atoms with Gasteiger partial charge in [-0.25, -0.2) is 9.97 Å². The fraction of sp³-hybridized carbons (Fsp3) is 0.167. The van der Waals surface area contributed by atoms with Crippen molar-refractivity contribution in [2.24, 2.45) is 0 Å². The predicted molar refractivity (Wildman–Crippen MR) is 106 cm³/mol. The van der Waals surface area contributed by atoms with Gasteiger partial charge in [0.15, 0.2) is 5.13 Å². The Balaban J connectivity index is 0.000000701. The van der Waals surface area contributed by atoms with Crippen molar-refractivity contribution >= 4 is 45.9 Å². The van der Waals surface area contributed by atoms with Crippen LogP contribution in [-0.4, -0.2) is 23.3 Å². The van der Waals surface area contributed by atoms with Gasteiger partial charge < -0.3 is 15.4 Å². The van der Waals surface area contributed by atoms with Crippen molar-refractivity contribution in [3.8, 4) is 11.3 Å². The van der Waals surface area contributed by atoms with E-state index >= 15 is 0 Å². The molecule has 2 heterocycles. The zero-order valence-corrected chi connectivity index (χ0v) is 15.8. The highest BCUT2D eigenvalue weighted by molar-refractivity contribution is 7.14. The van der Waals surface area contributed by atoms with Crippen LogP contribution >= 0.6 is 22.9 Å². The van der Waals surface area contributed by atoms with Crippen LogP contribution in [0, 0.1) is 6.92 Å². The first kappa shape index (κ1) is 18.9. The number of hydrogen-bond acceptors (Lipinski definition) is 6. The van der Waals surface area contributed by atoms with Crippen molar-refractivity contribution in [2.75, 3.05) is 17.7 Å². The number of rotatable bonds is 4. The molecule has 0 aliphatic rings. The first-order valence-corrected chi connectivity index (χ1v) is 8.85. The molecule has 0 radical (unpaired) electrons. The molecule has 5 nitrogen and oxygen atoms in total. The van der Waals surface area contributed by atoms with Crippen molar-refractivity contribution in [2.45, 2.75) is 13.8 Å². The van der Waals surface area contributed by atoms with Crippen LogP contribution in [0.1, 0.15) is 12.5 Å². The lowest BCUT2D eigenvalue weighted by molar-refractivity contribution is -0.106. The number of benzene rings is 1. The van der Waals surface area contributed by atoms with Crippen LogP contribution in [0.3, 0.4) is 0 Å². The van der Waals surface area contributed by atoms with Gasteiger partial charge >= 0.3 is 0 Å². The van der Waals surface area contributed by atoms with Crippen molar-refractivity contribution in [3.05, 3.63) is 52.5 Å². The number of aryl methyl sites for hydroxylation is 1. The Bertz CT molecular complexity index is 833. The molecule has 130 valence electrons. The molecular weight excluding hydrogens is 356 g/mol. The average Bonchev–Trinajstić information content (AvgIpc) is 3.05. The number of aldehydes is 1. The average molecular weight is 375 g/mol. The first-order chi connectivity index (χ1) is 12.1. The molecule has 0 fully saturated rings. The molecule has 0 aliphatic heterocycles. The van der Waals surface area contributed by atoms with Gasteiger partial charge in [0.05, 0.1) is 10.7 Å². The SMILES string of the molecule is CC=O.CNc1ccc(-c2csc(Nc3ccc(Cl)cn3)n2)c(C)c1. The summed E-state index contributed by atoms with van der Waals surface area (Å²) in [4.78, 5) is 17.6.